The summed E-state index contributed by atoms with van der Waals surface area (Å²) in [5, 5.41) is 3.44. The first-order valence-corrected chi connectivity index (χ1v) is 10.7. The third-order valence-corrected chi connectivity index (χ3v) is 7.79. The summed E-state index contributed by atoms with van der Waals surface area (Å²) in [5.74, 6) is 0.201. The smallest absolute Gasteiger partial charge is 0.253 e. The highest BCUT2D eigenvalue weighted by Gasteiger charge is 2.38. The van der Waals surface area contributed by atoms with Crippen molar-refractivity contribution in [3.05, 3.63) is 29.8 Å². The summed E-state index contributed by atoms with van der Waals surface area (Å²) < 4.78 is 25.7. The first-order valence-electron chi connectivity index (χ1n) is 9.10. The van der Waals surface area contributed by atoms with Crippen molar-refractivity contribution in [1.29, 1.82) is 0 Å². The Morgan fingerprint density at radius 1 is 1.12 bits per heavy atom. The minimum atomic E-state index is -3.22. The molecule has 7 heteroatoms. The van der Waals surface area contributed by atoms with Crippen LogP contribution in [0.15, 0.2) is 24.3 Å². The van der Waals surface area contributed by atoms with E-state index in [1.165, 1.54) is 10.7 Å². The highest BCUT2D eigenvalue weighted by molar-refractivity contribution is 7.93. The Morgan fingerprint density at radius 3 is 2.56 bits per heavy atom. The maximum atomic E-state index is 12.9. The topological polar surface area (TPSA) is 69.7 Å². The van der Waals surface area contributed by atoms with Crippen LogP contribution in [0.4, 0.5) is 5.69 Å². The molecule has 1 aromatic carbocycles. The highest BCUT2D eigenvalue weighted by Crippen LogP contribution is 2.37. The molecule has 0 radical (unpaired) electrons. The molecule has 0 unspecified atom stereocenters. The molecule has 25 heavy (non-hydrogen) atoms. The van der Waals surface area contributed by atoms with Crippen LogP contribution in [0.2, 0.25) is 0 Å². The number of rotatable bonds is 2. The summed E-state index contributed by atoms with van der Waals surface area (Å²) in [6, 6.07) is 7.07. The molecule has 0 aliphatic carbocycles. The summed E-state index contributed by atoms with van der Waals surface area (Å²) in [5.41, 5.74) is 1.57. The Balaban J connectivity index is 1.49. The van der Waals surface area contributed by atoms with Crippen LogP contribution in [0, 0.1) is 5.41 Å². The van der Waals surface area contributed by atoms with Gasteiger partial charge in [0.25, 0.3) is 5.91 Å². The zero-order chi connectivity index (χ0) is 17.5. The summed E-state index contributed by atoms with van der Waals surface area (Å²) in [6.45, 7) is 4.22. The van der Waals surface area contributed by atoms with Crippen LogP contribution in [0.25, 0.3) is 0 Å². The number of nitrogens with zero attached hydrogens (tertiary/aromatic N) is 2. The van der Waals surface area contributed by atoms with Crippen LogP contribution in [0.3, 0.4) is 0 Å². The molecule has 3 fully saturated rings. The van der Waals surface area contributed by atoms with Gasteiger partial charge in [-0.05, 0) is 55.8 Å². The first kappa shape index (κ1) is 16.8. The minimum absolute atomic E-state index is 0.0132. The van der Waals surface area contributed by atoms with Crippen LogP contribution >= 0.6 is 0 Å². The van der Waals surface area contributed by atoms with E-state index in [9.17, 15) is 13.2 Å². The lowest BCUT2D eigenvalue weighted by Crippen LogP contribution is -2.44. The van der Waals surface area contributed by atoms with Gasteiger partial charge < -0.3 is 10.2 Å². The van der Waals surface area contributed by atoms with E-state index < -0.39 is 10.0 Å². The SMILES string of the molecule is O=C(c1cccc(N2CCCS2(=O)=O)c1)N1CCC2(CCNC2)CC1. The molecule has 3 aliphatic rings. The maximum Gasteiger partial charge on any atom is 0.253 e. The van der Waals surface area contributed by atoms with Gasteiger partial charge in [-0.25, -0.2) is 8.42 Å². The van der Waals surface area contributed by atoms with E-state index in [2.05, 4.69) is 5.32 Å². The lowest BCUT2D eigenvalue weighted by Gasteiger charge is -2.39. The Labute approximate surface area is 149 Å². The molecule has 0 saturated carbocycles. The van der Waals surface area contributed by atoms with Crippen molar-refractivity contribution < 1.29 is 13.2 Å². The fraction of sp³-hybridized carbons (Fsp3) is 0.611. The molecular formula is C18H25N3O3S. The van der Waals surface area contributed by atoms with Gasteiger partial charge >= 0.3 is 0 Å². The van der Waals surface area contributed by atoms with Crippen molar-refractivity contribution in [2.45, 2.75) is 25.7 Å². The van der Waals surface area contributed by atoms with Crippen molar-refractivity contribution >= 4 is 21.6 Å². The van der Waals surface area contributed by atoms with Gasteiger partial charge in [-0.2, -0.15) is 0 Å². The number of carbonyl (C=O) groups excluding carboxylic acids is 1. The second-order valence-electron chi connectivity index (χ2n) is 7.51. The molecule has 3 aliphatic heterocycles. The molecular weight excluding hydrogens is 338 g/mol. The molecule has 0 aromatic heterocycles. The average molecular weight is 363 g/mol. The van der Waals surface area contributed by atoms with Gasteiger partial charge in [0.2, 0.25) is 10.0 Å². The van der Waals surface area contributed by atoms with E-state index in [0.29, 0.717) is 29.6 Å². The van der Waals surface area contributed by atoms with Crippen LogP contribution in [-0.4, -0.2) is 57.7 Å². The van der Waals surface area contributed by atoms with Crippen molar-refractivity contribution in [2.75, 3.05) is 42.8 Å². The zero-order valence-corrected chi connectivity index (χ0v) is 15.2. The molecule has 1 amide bonds. The maximum absolute atomic E-state index is 12.9. The molecule has 1 N–H and O–H groups in total. The summed E-state index contributed by atoms with van der Waals surface area (Å²) in [4.78, 5) is 14.8. The number of anilines is 1. The second kappa shape index (κ2) is 6.29. The van der Waals surface area contributed by atoms with Crippen LogP contribution in [0.1, 0.15) is 36.0 Å². The molecule has 136 valence electrons. The fourth-order valence-electron chi connectivity index (χ4n) is 4.31. The number of likely N-dealkylation sites (tertiary alicyclic amines) is 1. The Hall–Kier alpha value is -1.60. The van der Waals surface area contributed by atoms with Gasteiger partial charge in [0.1, 0.15) is 0 Å². The standard InChI is InChI=1S/C18H25N3O3S/c22-17(20-10-6-18(7-11-20)5-8-19-14-18)15-3-1-4-16(13-15)21-9-2-12-25(21,23)24/h1,3-4,13,19H,2,5-12,14H2. The van der Waals surface area contributed by atoms with Gasteiger partial charge in [0, 0.05) is 31.7 Å². The molecule has 6 nitrogen and oxygen atoms in total. The molecule has 1 spiro atoms. The number of nitrogens with one attached hydrogen (secondary N) is 1. The van der Waals surface area contributed by atoms with E-state index in [0.717, 1.165) is 39.0 Å². The largest absolute Gasteiger partial charge is 0.339 e. The Morgan fingerprint density at radius 2 is 1.92 bits per heavy atom. The molecule has 4 rings (SSSR count). The predicted molar refractivity (Wildman–Crippen MR) is 97.2 cm³/mol. The molecule has 0 bridgehead atoms. The molecule has 1 aromatic rings. The van der Waals surface area contributed by atoms with E-state index in [-0.39, 0.29) is 11.7 Å². The number of hydrogen-bond donors (Lipinski definition) is 1. The monoisotopic (exact) mass is 363 g/mol. The summed E-state index contributed by atoms with van der Waals surface area (Å²) >= 11 is 0. The number of amides is 1. The third kappa shape index (κ3) is 3.15. The Bertz CT molecular complexity index is 762. The van der Waals surface area contributed by atoms with E-state index >= 15 is 0 Å². The van der Waals surface area contributed by atoms with Gasteiger partial charge in [-0.3, -0.25) is 9.10 Å². The highest BCUT2D eigenvalue weighted by atomic mass is 32.2. The van der Waals surface area contributed by atoms with Gasteiger partial charge in [0.05, 0.1) is 11.4 Å². The van der Waals surface area contributed by atoms with E-state index in [1.54, 1.807) is 24.3 Å². The van der Waals surface area contributed by atoms with Crippen LogP contribution in [0.5, 0.6) is 0 Å². The average Bonchev–Trinajstić information content (AvgIpc) is 3.21. The number of benzene rings is 1. The fourth-order valence-corrected chi connectivity index (χ4v) is 5.87. The molecule has 0 atom stereocenters. The van der Waals surface area contributed by atoms with Crippen molar-refractivity contribution in [2.24, 2.45) is 5.41 Å². The second-order valence-corrected chi connectivity index (χ2v) is 9.52. The number of piperidine rings is 1. The third-order valence-electron chi connectivity index (χ3n) is 5.92. The van der Waals surface area contributed by atoms with Crippen molar-refractivity contribution in [3.63, 3.8) is 0 Å². The lowest BCUT2D eigenvalue weighted by atomic mass is 9.78. The number of hydrogen-bond acceptors (Lipinski definition) is 4. The van der Waals surface area contributed by atoms with Gasteiger partial charge in [-0.15, -0.1) is 0 Å². The van der Waals surface area contributed by atoms with Gasteiger partial charge in [0.15, 0.2) is 0 Å². The minimum Gasteiger partial charge on any atom is -0.339 e. The number of carbonyl (C=O) groups is 1. The molecule has 3 heterocycles. The normalized spacial score (nSPS) is 24.8. The quantitative estimate of drug-likeness (QED) is 0.863. The zero-order valence-electron chi connectivity index (χ0n) is 14.4. The van der Waals surface area contributed by atoms with E-state index in [4.69, 9.17) is 0 Å². The summed E-state index contributed by atoms with van der Waals surface area (Å²) in [6.07, 6.45) is 3.94. The summed E-state index contributed by atoms with van der Waals surface area (Å²) in [7, 11) is -3.22. The first-order chi connectivity index (χ1) is 12.0. The Kier molecular flexibility index (Phi) is 4.24. The van der Waals surface area contributed by atoms with Crippen LogP contribution in [-0.2, 0) is 10.0 Å². The number of sulfonamides is 1. The van der Waals surface area contributed by atoms with Crippen molar-refractivity contribution in [1.82, 2.24) is 10.2 Å². The molecule has 3 saturated heterocycles. The van der Waals surface area contributed by atoms with E-state index in [1.807, 2.05) is 4.90 Å². The van der Waals surface area contributed by atoms with Crippen molar-refractivity contribution in [3.8, 4) is 0 Å². The lowest BCUT2D eigenvalue weighted by molar-refractivity contribution is 0.0607. The van der Waals surface area contributed by atoms with Gasteiger partial charge in [-0.1, -0.05) is 6.07 Å². The predicted octanol–water partition coefficient (Wildman–Crippen LogP) is 1.44. The van der Waals surface area contributed by atoms with Crippen LogP contribution < -0.4 is 9.62 Å².